The predicted molar refractivity (Wildman–Crippen MR) is 165 cm³/mol. The summed E-state index contributed by atoms with van der Waals surface area (Å²) in [5.41, 5.74) is 1.74. The molecule has 0 radical (unpaired) electrons. The number of carbonyl (C=O) groups is 3. The second-order valence-electron chi connectivity index (χ2n) is 9.87. The number of fused-ring (bicyclic) bond motifs is 1. The van der Waals surface area contributed by atoms with Crippen LogP contribution in [0.3, 0.4) is 0 Å². The van der Waals surface area contributed by atoms with E-state index < -0.39 is 11.8 Å². The van der Waals surface area contributed by atoms with Gasteiger partial charge in [0, 0.05) is 47.6 Å². The quantitative estimate of drug-likeness (QED) is 0.204. The number of benzene rings is 3. The number of ketones is 1. The van der Waals surface area contributed by atoms with Crippen LogP contribution in [0.25, 0.3) is 10.9 Å². The third-order valence-corrected chi connectivity index (χ3v) is 7.05. The van der Waals surface area contributed by atoms with Crippen LogP contribution in [-0.4, -0.2) is 43.3 Å². The van der Waals surface area contributed by atoms with Crippen molar-refractivity contribution >= 4 is 39.9 Å². The Bertz CT molecular complexity index is 1710. The van der Waals surface area contributed by atoms with Crippen molar-refractivity contribution < 1.29 is 28.6 Å². The third kappa shape index (κ3) is 6.56. The first kappa shape index (κ1) is 29.1. The molecule has 2 amide bonds. The van der Waals surface area contributed by atoms with Crippen molar-refractivity contribution in [1.82, 2.24) is 4.98 Å². The Morgan fingerprint density at radius 2 is 1.63 bits per heavy atom. The van der Waals surface area contributed by atoms with Crippen molar-refractivity contribution in [3.8, 4) is 23.0 Å². The first-order chi connectivity index (χ1) is 20.9. The van der Waals surface area contributed by atoms with Gasteiger partial charge in [-0.05, 0) is 67.4 Å². The van der Waals surface area contributed by atoms with Crippen LogP contribution in [0.15, 0.2) is 103 Å². The zero-order chi connectivity index (χ0) is 30.3. The molecule has 0 saturated carbocycles. The molecule has 1 aliphatic heterocycles. The van der Waals surface area contributed by atoms with Crippen LogP contribution in [0.2, 0.25) is 0 Å². The number of hydrogen-bond acceptors (Lipinski definition) is 7. The number of pyridine rings is 1. The molecule has 0 bridgehead atoms. The molecule has 9 heteroatoms. The van der Waals surface area contributed by atoms with Crippen LogP contribution in [0, 0.1) is 0 Å². The number of carbonyl (C=O) groups excluding carboxylic acids is 3. The summed E-state index contributed by atoms with van der Waals surface area (Å²) in [6, 6.07) is 21.2. The number of nitrogens with one attached hydrogen (secondary N) is 1. The lowest BCUT2D eigenvalue weighted by Gasteiger charge is -2.25. The van der Waals surface area contributed by atoms with Crippen molar-refractivity contribution in [2.75, 3.05) is 31.0 Å². The highest BCUT2D eigenvalue weighted by Gasteiger charge is 2.27. The average Bonchev–Trinajstić information content (AvgIpc) is 3.03. The first-order valence-electron chi connectivity index (χ1n) is 13.8. The standard InChI is InChI=1S/C34H31N3O6/c1-22-19-27(34(40)37(18-8-7-11-29(22)38)24-9-5-4-6-10-24)33(39)36-23-12-14-25(15-13-23)43-30-16-17-35-28-21-32(42-3)31(41-2)20-26(28)30/h4-6,9-10,12-17,19-21H,1,7-8,11,18H2,2-3H3,(H,36,39)/b27-19-. The zero-order valence-corrected chi connectivity index (χ0v) is 24.0. The number of para-hydroxylation sites is 1. The van der Waals surface area contributed by atoms with Gasteiger partial charge in [0.2, 0.25) is 0 Å². The number of hydrogen-bond donors (Lipinski definition) is 1. The number of allylic oxidation sites excluding steroid dienone is 2. The van der Waals surface area contributed by atoms with E-state index in [4.69, 9.17) is 14.2 Å². The Labute approximate surface area is 249 Å². The maximum atomic E-state index is 13.7. The molecule has 2 heterocycles. The molecule has 0 atom stereocenters. The Hall–Kier alpha value is -5.44. The van der Waals surface area contributed by atoms with Crippen molar-refractivity contribution in [3.05, 3.63) is 103 Å². The molecule has 1 aromatic heterocycles. The Morgan fingerprint density at radius 1 is 0.907 bits per heavy atom. The van der Waals surface area contributed by atoms with E-state index in [9.17, 15) is 14.4 Å². The number of Topliss-reactive ketones (excluding diaryl/α,β-unsaturated/α-hetero) is 1. The van der Waals surface area contributed by atoms with Crippen molar-refractivity contribution in [2.45, 2.75) is 19.3 Å². The fraction of sp³-hybridized carbons (Fsp3) is 0.176. The van der Waals surface area contributed by atoms with E-state index in [1.165, 1.54) is 6.08 Å². The van der Waals surface area contributed by atoms with E-state index in [0.717, 1.165) is 5.39 Å². The van der Waals surface area contributed by atoms with E-state index in [-0.39, 0.29) is 16.9 Å². The maximum absolute atomic E-state index is 13.7. The minimum atomic E-state index is -0.643. The highest BCUT2D eigenvalue weighted by Crippen LogP contribution is 2.37. The molecule has 0 unspecified atom stereocenters. The molecule has 1 aliphatic rings. The molecule has 43 heavy (non-hydrogen) atoms. The van der Waals surface area contributed by atoms with Gasteiger partial charge in [-0.3, -0.25) is 19.4 Å². The van der Waals surface area contributed by atoms with Gasteiger partial charge in [0.25, 0.3) is 11.8 Å². The number of anilines is 2. The first-order valence-corrected chi connectivity index (χ1v) is 13.8. The summed E-state index contributed by atoms with van der Waals surface area (Å²) in [6.45, 7) is 4.20. The van der Waals surface area contributed by atoms with E-state index in [2.05, 4.69) is 16.9 Å². The van der Waals surface area contributed by atoms with Crippen molar-refractivity contribution in [1.29, 1.82) is 0 Å². The van der Waals surface area contributed by atoms with Crippen LogP contribution in [0.4, 0.5) is 11.4 Å². The van der Waals surface area contributed by atoms with Gasteiger partial charge in [0.15, 0.2) is 17.3 Å². The molecule has 4 aromatic rings. The smallest absolute Gasteiger partial charge is 0.263 e. The topological polar surface area (TPSA) is 107 Å². The van der Waals surface area contributed by atoms with Crippen molar-refractivity contribution in [2.24, 2.45) is 0 Å². The number of amides is 2. The van der Waals surface area contributed by atoms with E-state index in [1.807, 2.05) is 30.3 Å². The molecule has 0 fully saturated rings. The predicted octanol–water partition coefficient (Wildman–Crippen LogP) is 6.25. The fourth-order valence-electron chi connectivity index (χ4n) is 4.76. The number of ether oxygens (including phenoxy) is 3. The minimum Gasteiger partial charge on any atom is -0.493 e. The van der Waals surface area contributed by atoms with Crippen LogP contribution in [0.5, 0.6) is 23.0 Å². The molecule has 0 saturated heterocycles. The van der Waals surface area contributed by atoms with Gasteiger partial charge in [0.1, 0.15) is 17.1 Å². The summed E-state index contributed by atoms with van der Waals surface area (Å²) in [5.74, 6) is 0.848. The fourth-order valence-corrected chi connectivity index (χ4v) is 4.76. The molecule has 218 valence electrons. The highest BCUT2D eigenvalue weighted by atomic mass is 16.5. The zero-order valence-electron chi connectivity index (χ0n) is 24.0. The summed E-state index contributed by atoms with van der Waals surface area (Å²) in [7, 11) is 3.12. The van der Waals surface area contributed by atoms with Gasteiger partial charge in [-0.2, -0.15) is 0 Å². The summed E-state index contributed by atoms with van der Waals surface area (Å²) >= 11 is 0. The summed E-state index contributed by atoms with van der Waals surface area (Å²) in [5, 5.41) is 3.51. The van der Waals surface area contributed by atoms with Gasteiger partial charge < -0.3 is 24.4 Å². The normalized spacial score (nSPS) is 15.4. The molecule has 9 nitrogen and oxygen atoms in total. The minimum absolute atomic E-state index is 0.121. The number of nitrogens with zero attached hydrogens (tertiary/aromatic N) is 2. The molecule has 5 rings (SSSR count). The van der Waals surface area contributed by atoms with Gasteiger partial charge in [-0.25, -0.2) is 0 Å². The Balaban J connectivity index is 1.37. The molecular formula is C34H31N3O6. The summed E-state index contributed by atoms with van der Waals surface area (Å²) in [4.78, 5) is 45.6. The van der Waals surface area contributed by atoms with Gasteiger partial charge in [0.05, 0.1) is 19.7 Å². The van der Waals surface area contributed by atoms with E-state index in [0.29, 0.717) is 65.7 Å². The summed E-state index contributed by atoms with van der Waals surface area (Å²) < 4.78 is 16.9. The number of methoxy groups -OCH3 is 2. The van der Waals surface area contributed by atoms with Crippen LogP contribution in [-0.2, 0) is 14.4 Å². The van der Waals surface area contributed by atoms with Gasteiger partial charge in [-0.1, -0.05) is 24.8 Å². The monoisotopic (exact) mass is 577 g/mol. The van der Waals surface area contributed by atoms with Gasteiger partial charge >= 0.3 is 0 Å². The lowest BCUT2D eigenvalue weighted by atomic mass is 10.0. The molecule has 0 aliphatic carbocycles. The number of rotatable bonds is 7. The van der Waals surface area contributed by atoms with Crippen LogP contribution < -0.4 is 24.4 Å². The van der Waals surface area contributed by atoms with Crippen LogP contribution >= 0.6 is 0 Å². The molecule has 3 aromatic carbocycles. The Morgan fingerprint density at radius 3 is 2.35 bits per heavy atom. The summed E-state index contributed by atoms with van der Waals surface area (Å²) in [6.07, 6.45) is 4.46. The highest BCUT2D eigenvalue weighted by molar-refractivity contribution is 6.27. The lowest BCUT2D eigenvalue weighted by molar-refractivity contribution is -0.119. The third-order valence-electron chi connectivity index (χ3n) is 7.05. The largest absolute Gasteiger partial charge is 0.493 e. The second-order valence-corrected chi connectivity index (χ2v) is 9.87. The van der Waals surface area contributed by atoms with E-state index in [1.54, 1.807) is 67.8 Å². The lowest BCUT2D eigenvalue weighted by Crippen LogP contribution is -2.37. The SMILES string of the molecule is C=C1/C=C(/C(=O)Nc2ccc(Oc3ccnc4cc(OC)c(OC)cc34)cc2)C(=O)N(c2ccccc2)CCCCC1=O. The molecule has 0 spiro atoms. The second kappa shape index (κ2) is 13.0. The average molecular weight is 578 g/mol. The number of aromatic nitrogens is 1. The van der Waals surface area contributed by atoms with Crippen molar-refractivity contribution in [3.63, 3.8) is 0 Å². The molecular weight excluding hydrogens is 546 g/mol. The maximum Gasteiger partial charge on any atom is 0.263 e. The van der Waals surface area contributed by atoms with E-state index >= 15 is 0 Å². The molecule has 1 N–H and O–H groups in total. The van der Waals surface area contributed by atoms with Crippen LogP contribution in [0.1, 0.15) is 19.3 Å². The van der Waals surface area contributed by atoms with Gasteiger partial charge in [-0.15, -0.1) is 0 Å². The Kier molecular flexibility index (Phi) is 8.81.